The molecular formula is C21H24N4O2S. The van der Waals surface area contributed by atoms with Gasteiger partial charge in [0.1, 0.15) is 5.56 Å². The van der Waals surface area contributed by atoms with Crippen LogP contribution in [0.25, 0.3) is 4.96 Å². The second kappa shape index (κ2) is 7.85. The Morgan fingerprint density at radius 3 is 3.04 bits per heavy atom. The maximum Gasteiger partial charge on any atom is 0.271 e. The van der Waals surface area contributed by atoms with Crippen LogP contribution in [0.15, 0.2) is 41.5 Å². The van der Waals surface area contributed by atoms with E-state index in [1.165, 1.54) is 41.2 Å². The van der Waals surface area contributed by atoms with E-state index in [1.807, 2.05) is 25.1 Å². The molecule has 1 N–H and O–H groups in total. The standard InChI is InChI=1S/C21H24N4O2S/c1-14-6-3-4-9-24(14)13-16-7-5-8-17(10-16)23-19(26)18-11-22-21-25(20(18)27)12-15(2)28-21/h5,7-8,10-12,14H,3-4,6,9,13H2,1-2H3,(H,23,26)/t14-/m1/s1. The average Bonchev–Trinajstić information content (AvgIpc) is 3.05. The summed E-state index contributed by atoms with van der Waals surface area (Å²) >= 11 is 1.42. The summed E-state index contributed by atoms with van der Waals surface area (Å²) in [4.78, 5) is 33.6. The predicted octanol–water partition coefficient (Wildman–Crippen LogP) is 3.69. The lowest BCUT2D eigenvalue weighted by Crippen LogP contribution is -2.36. The van der Waals surface area contributed by atoms with Gasteiger partial charge in [-0.2, -0.15) is 0 Å². The Morgan fingerprint density at radius 1 is 1.36 bits per heavy atom. The van der Waals surface area contributed by atoms with Gasteiger partial charge in [0.15, 0.2) is 4.96 Å². The number of carbonyl (C=O) groups is 1. The van der Waals surface area contributed by atoms with Gasteiger partial charge in [0.2, 0.25) is 0 Å². The van der Waals surface area contributed by atoms with Crippen LogP contribution in [0.2, 0.25) is 0 Å². The summed E-state index contributed by atoms with van der Waals surface area (Å²) in [5.41, 5.74) is 1.55. The quantitative estimate of drug-likeness (QED) is 0.730. The number of amides is 1. The molecule has 146 valence electrons. The van der Waals surface area contributed by atoms with Crippen LogP contribution in [0.4, 0.5) is 5.69 Å². The lowest BCUT2D eigenvalue weighted by molar-refractivity contribution is 0.102. The summed E-state index contributed by atoms with van der Waals surface area (Å²) in [5.74, 6) is -0.431. The van der Waals surface area contributed by atoms with Crippen LogP contribution in [0.1, 0.15) is 47.0 Å². The molecule has 1 amide bonds. The van der Waals surface area contributed by atoms with E-state index in [4.69, 9.17) is 0 Å². The molecule has 0 aliphatic carbocycles. The van der Waals surface area contributed by atoms with Crippen molar-refractivity contribution in [3.63, 3.8) is 0 Å². The number of nitrogens with zero attached hydrogens (tertiary/aromatic N) is 3. The number of nitrogens with one attached hydrogen (secondary N) is 1. The second-order valence-corrected chi connectivity index (χ2v) is 8.65. The van der Waals surface area contributed by atoms with E-state index in [-0.39, 0.29) is 11.1 Å². The van der Waals surface area contributed by atoms with E-state index < -0.39 is 5.91 Å². The lowest BCUT2D eigenvalue weighted by Gasteiger charge is -2.33. The topological polar surface area (TPSA) is 66.7 Å². The highest BCUT2D eigenvalue weighted by atomic mass is 32.1. The van der Waals surface area contributed by atoms with Crippen molar-refractivity contribution in [1.29, 1.82) is 0 Å². The molecule has 1 aliphatic heterocycles. The van der Waals surface area contributed by atoms with E-state index in [1.54, 1.807) is 6.20 Å². The fourth-order valence-corrected chi connectivity index (χ4v) is 4.51. The number of piperidine rings is 1. The van der Waals surface area contributed by atoms with Gasteiger partial charge in [-0.15, -0.1) is 11.3 Å². The molecule has 1 aromatic carbocycles. The zero-order valence-electron chi connectivity index (χ0n) is 16.1. The molecule has 0 spiro atoms. The molecule has 0 bridgehead atoms. The van der Waals surface area contributed by atoms with Crippen LogP contribution >= 0.6 is 11.3 Å². The van der Waals surface area contributed by atoms with Gasteiger partial charge in [0.05, 0.1) is 0 Å². The summed E-state index contributed by atoms with van der Waals surface area (Å²) < 4.78 is 1.43. The number of fused-ring (bicyclic) bond motifs is 1. The Hall–Kier alpha value is -2.51. The predicted molar refractivity (Wildman–Crippen MR) is 112 cm³/mol. The first kappa shape index (κ1) is 18.8. The molecule has 3 aromatic rings. The first-order chi connectivity index (χ1) is 13.5. The van der Waals surface area contributed by atoms with Crippen LogP contribution in [0.3, 0.4) is 0 Å². The minimum absolute atomic E-state index is 0.0466. The second-order valence-electron chi connectivity index (χ2n) is 7.44. The van der Waals surface area contributed by atoms with Crippen LogP contribution in [0.5, 0.6) is 0 Å². The number of benzene rings is 1. The molecule has 4 rings (SSSR count). The van der Waals surface area contributed by atoms with E-state index in [2.05, 4.69) is 28.2 Å². The zero-order chi connectivity index (χ0) is 19.7. The van der Waals surface area contributed by atoms with Crippen molar-refractivity contribution in [3.8, 4) is 0 Å². The Kier molecular flexibility index (Phi) is 5.28. The van der Waals surface area contributed by atoms with Crippen molar-refractivity contribution in [2.45, 2.75) is 45.7 Å². The molecule has 3 heterocycles. The molecule has 0 saturated carbocycles. The molecule has 28 heavy (non-hydrogen) atoms. The third-order valence-corrected chi connectivity index (χ3v) is 6.19. The summed E-state index contributed by atoms with van der Waals surface area (Å²) in [6.07, 6.45) is 6.85. The van der Waals surface area contributed by atoms with Gasteiger partial charge in [-0.3, -0.25) is 18.9 Å². The van der Waals surface area contributed by atoms with E-state index >= 15 is 0 Å². The minimum atomic E-state index is -0.431. The normalized spacial score (nSPS) is 17.7. The molecule has 0 unspecified atom stereocenters. The number of likely N-dealkylation sites (tertiary alicyclic amines) is 1. The largest absolute Gasteiger partial charge is 0.322 e. The highest BCUT2D eigenvalue weighted by molar-refractivity contribution is 7.16. The van der Waals surface area contributed by atoms with Gasteiger partial charge in [0, 0.05) is 35.5 Å². The van der Waals surface area contributed by atoms with Crippen LogP contribution in [-0.4, -0.2) is 32.8 Å². The number of rotatable bonds is 4. The van der Waals surface area contributed by atoms with Crippen molar-refractivity contribution in [2.75, 3.05) is 11.9 Å². The summed E-state index contributed by atoms with van der Waals surface area (Å²) in [5, 5.41) is 2.85. The third-order valence-electron chi connectivity index (χ3n) is 5.28. The molecule has 0 radical (unpaired) electrons. The van der Waals surface area contributed by atoms with Crippen LogP contribution in [-0.2, 0) is 6.54 Å². The van der Waals surface area contributed by atoms with Gasteiger partial charge in [-0.1, -0.05) is 18.6 Å². The van der Waals surface area contributed by atoms with Gasteiger partial charge in [0.25, 0.3) is 11.5 Å². The Labute approximate surface area is 167 Å². The zero-order valence-corrected chi connectivity index (χ0v) is 17.0. The van der Waals surface area contributed by atoms with E-state index in [0.29, 0.717) is 16.7 Å². The first-order valence-electron chi connectivity index (χ1n) is 9.63. The molecular weight excluding hydrogens is 372 g/mol. The number of anilines is 1. The van der Waals surface area contributed by atoms with E-state index in [9.17, 15) is 9.59 Å². The SMILES string of the molecule is Cc1cn2c(=O)c(C(=O)Nc3cccc(CN4CCCC[C@H]4C)c3)cnc2s1. The number of hydrogen-bond donors (Lipinski definition) is 1. The van der Waals surface area contributed by atoms with Gasteiger partial charge >= 0.3 is 0 Å². The molecule has 7 heteroatoms. The minimum Gasteiger partial charge on any atom is -0.322 e. The van der Waals surface area contributed by atoms with Gasteiger partial charge < -0.3 is 5.32 Å². The number of aromatic nitrogens is 2. The molecule has 1 saturated heterocycles. The number of hydrogen-bond acceptors (Lipinski definition) is 5. The smallest absolute Gasteiger partial charge is 0.271 e. The first-order valence-corrected chi connectivity index (χ1v) is 10.4. The molecule has 2 aromatic heterocycles. The fourth-order valence-electron chi connectivity index (χ4n) is 3.72. The Bertz CT molecular complexity index is 1070. The van der Waals surface area contributed by atoms with Crippen molar-refractivity contribution < 1.29 is 4.79 Å². The summed E-state index contributed by atoms with van der Waals surface area (Å²) in [6.45, 7) is 6.16. The molecule has 1 fully saturated rings. The maximum atomic E-state index is 12.7. The average molecular weight is 397 g/mol. The maximum absolute atomic E-state index is 12.7. The van der Waals surface area contributed by atoms with Crippen LogP contribution < -0.4 is 10.9 Å². The van der Waals surface area contributed by atoms with Crippen LogP contribution in [0, 0.1) is 6.92 Å². The van der Waals surface area contributed by atoms with E-state index in [0.717, 1.165) is 23.5 Å². The lowest BCUT2D eigenvalue weighted by atomic mass is 10.0. The van der Waals surface area contributed by atoms with Crippen molar-refractivity contribution in [3.05, 3.63) is 63.0 Å². The molecule has 1 atom stereocenters. The Balaban J connectivity index is 1.52. The highest BCUT2D eigenvalue weighted by Gasteiger charge is 2.19. The van der Waals surface area contributed by atoms with Crippen molar-refractivity contribution in [2.24, 2.45) is 0 Å². The van der Waals surface area contributed by atoms with Crippen molar-refractivity contribution >= 4 is 27.9 Å². The highest BCUT2D eigenvalue weighted by Crippen LogP contribution is 2.21. The number of carbonyl (C=O) groups excluding carboxylic acids is 1. The number of thiazole rings is 1. The monoisotopic (exact) mass is 396 g/mol. The third kappa shape index (κ3) is 3.86. The van der Waals surface area contributed by atoms with Gasteiger partial charge in [-0.05, 0) is 50.9 Å². The molecule has 6 nitrogen and oxygen atoms in total. The Morgan fingerprint density at radius 2 is 2.21 bits per heavy atom. The molecule has 1 aliphatic rings. The number of aryl methyl sites for hydroxylation is 1. The fraction of sp³-hybridized carbons (Fsp3) is 0.381. The summed E-state index contributed by atoms with van der Waals surface area (Å²) in [7, 11) is 0. The summed E-state index contributed by atoms with van der Waals surface area (Å²) in [6, 6.07) is 8.43. The van der Waals surface area contributed by atoms with Crippen molar-refractivity contribution in [1.82, 2.24) is 14.3 Å². The van der Waals surface area contributed by atoms with Gasteiger partial charge in [-0.25, -0.2) is 4.98 Å².